The van der Waals surface area contributed by atoms with Crippen LogP contribution in [0.5, 0.6) is 0 Å². The molecule has 0 aliphatic heterocycles. The van der Waals surface area contributed by atoms with Gasteiger partial charge in [-0.15, -0.1) is 10.2 Å². The van der Waals surface area contributed by atoms with Crippen molar-refractivity contribution in [1.82, 2.24) is 20.1 Å². The number of aromatic nitrogens is 3. The van der Waals surface area contributed by atoms with E-state index in [1.165, 1.54) is 17.4 Å². The molecule has 0 bridgehead atoms. The minimum atomic E-state index is 0.0225. The van der Waals surface area contributed by atoms with E-state index in [4.69, 9.17) is 0 Å². The molecular weight excluding hydrogens is 358 g/mol. The normalized spacial score (nSPS) is 12.3. The lowest BCUT2D eigenvalue weighted by atomic mass is 10.1. The second kappa shape index (κ2) is 9.78. The van der Waals surface area contributed by atoms with Gasteiger partial charge in [0.05, 0.1) is 5.75 Å². The topological polar surface area (TPSA) is 63.1 Å². The quantitative estimate of drug-likeness (QED) is 0.664. The molecule has 27 heavy (non-hydrogen) atoms. The fourth-order valence-electron chi connectivity index (χ4n) is 2.69. The maximum Gasteiger partial charge on any atom is 0.230 e. The van der Waals surface area contributed by atoms with Crippen LogP contribution < -0.4 is 10.2 Å². The highest BCUT2D eigenvalue weighted by atomic mass is 32.2. The largest absolute Gasteiger partial charge is 0.372 e. The molecule has 1 heterocycles. The molecular formula is C20H31N5OS. The van der Waals surface area contributed by atoms with Crippen LogP contribution in [-0.4, -0.2) is 45.6 Å². The van der Waals surface area contributed by atoms with Gasteiger partial charge in [0.25, 0.3) is 0 Å². The Morgan fingerprint density at radius 2 is 1.78 bits per heavy atom. The second-order valence-electron chi connectivity index (χ2n) is 6.97. The molecule has 0 aliphatic rings. The summed E-state index contributed by atoms with van der Waals surface area (Å²) in [5.74, 6) is 1.58. The number of nitrogens with zero attached hydrogens (tertiary/aromatic N) is 4. The van der Waals surface area contributed by atoms with E-state index >= 15 is 0 Å². The van der Waals surface area contributed by atoms with Crippen LogP contribution in [0.2, 0.25) is 0 Å². The number of thioether (sulfide) groups is 1. The van der Waals surface area contributed by atoms with Crippen molar-refractivity contribution in [3.63, 3.8) is 0 Å². The molecule has 0 saturated heterocycles. The predicted octanol–water partition coefficient (Wildman–Crippen LogP) is 3.58. The van der Waals surface area contributed by atoms with Gasteiger partial charge in [0, 0.05) is 37.4 Å². The maximum atomic E-state index is 12.1. The first kappa shape index (κ1) is 21.3. The van der Waals surface area contributed by atoms with E-state index in [9.17, 15) is 4.79 Å². The lowest BCUT2D eigenvalue weighted by Gasteiger charge is -2.21. The number of nitrogens with one attached hydrogen (secondary N) is 1. The van der Waals surface area contributed by atoms with E-state index in [1.807, 2.05) is 18.5 Å². The molecule has 2 aromatic rings. The standard InChI is InChI=1S/C20H31N5OS/c1-7-25(8-2)17-11-9-16(10-12-17)19-22-23-20(24(19)6)27-13-18(26)21-15(5)14(3)4/h9-12,14-15H,7-8,13H2,1-6H3,(H,21,26). The number of rotatable bonds is 9. The Labute approximate surface area is 166 Å². The minimum Gasteiger partial charge on any atom is -0.372 e. The highest BCUT2D eigenvalue weighted by Gasteiger charge is 2.15. The van der Waals surface area contributed by atoms with Crippen LogP contribution in [0.4, 0.5) is 5.69 Å². The van der Waals surface area contributed by atoms with E-state index in [2.05, 4.69) is 72.4 Å². The van der Waals surface area contributed by atoms with Crippen molar-refractivity contribution in [3.05, 3.63) is 24.3 Å². The molecule has 0 spiro atoms. The van der Waals surface area contributed by atoms with Gasteiger partial charge in [-0.1, -0.05) is 25.6 Å². The fraction of sp³-hybridized carbons (Fsp3) is 0.550. The Morgan fingerprint density at radius 3 is 2.33 bits per heavy atom. The zero-order valence-corrected chi connectivity index (χ0v) is 18.0. The van der Waals surface area contributed by atoms with Crippen molar-refractivity contribution < 1.29 is 4.79 Å². The van der Waals surface area contributed by atoms with Crippen LogP contribution in [0.1, 0.15) is 34.6 Å². The average molecular weight is 390 g/mol. The Bertz CT molecular complexity index is 737. The fourth-order valence-corrected chi connectivity index (χ4v) is 3.42. The highest BCUT2D eigenvalue weighted by Crippen LogP contribution is 2.25. The molecule has 2 rings (SSSR count). The molecule has 1 aromatic carbocycles. The van der Waals surface area contributed by atoms with E-state index in [1.54, 1.807) is 0 Å². The van der Waals surface area contributed by atoms with Crippen LogP contribution in [-0.2, 0) is 11.8 Å². The summed E-state index contributed by atoms with van der Waals surface area (Å²) in [4.78, 5) is 14.4. The van der Waals surface area contributed by atoms with Crippen LogP contribution in [0, 0.1) is 5.92 Å². The number of carbonyl (C=O) groups excluding carboxylic acids is 1. The lowest BCUT2D eigenvalue weighted by molar-refractivity contribution is -0.119. The first-order valence-corrected chi connectivity index (χ1v) is 10.5. The highest BCUT2D eigenvalue weighted by molar-refractivity contribution is 7.99. The molecule has 1 N–H and O–H groups in total. The van der Waals surface area contributed by atoms with Crippen LogP contribution >= 0.6 is 11.8 Å². The molecule has 0 saturated carbocycles. The van der Waals surface area contributed by atoms with Crippen molar-refractivity contribution >= 4 is 23.4 Å². The van der Waals surface area contributed by atoms with Gasteiger partial charge in [-0.25, -0.2) is 0 Å². The summed E-state index contributed by atoms with van der Waals surface area (Å²) in [5.41, 5.74) is 2.22. The molecule has 1 atom stereocenters. The summed E-state index contributed by atoms with van der Waals surface area (Å²) in [6.45, 7) is 12.5. The third-order valence-corrected chi connectivity index (χ3v) is 5.83. The Kier molecular flexibility index (Phi) is 7.71. The van der Waals surface area contributed by atoms with Gasteiger partial charge < -0.3 is 14.8 Å². The molecule has 7 heteroatoms. The first-order valence-electron chi connectivity index (χ1n) is 9.54. The van der Waals surface area contributed by atoms with Gasteiger partial charge >= 0.3 is 0 Å². The van der Waals surface area contributed by atoms with Crippen molar-refractivity contribution in [2.75, 3.05) is 23.7 Å². The Balaban J connectivity index is 2.03. The van der Waals surface area contributed by atoms with Gasteiger partial charge in [-0.05, 0) is 51.0 Å². The first-order chi connectivity index (χ1) is 12.9. The van der Waals surface area contributed by atoms with Crippen LogP contribution in [0.15, 0.2) is 29.4 Å². The summed E-state index contributed by atoms with van der Waals surface area (Å²) in [6.07, 6.45) is 0. The van der Waals surface area contributed by atoms with E-state index in [0.717, 1.165) is 29.6 Å². The zero-order chi connectivity index (χ0) is 20.0. The summed E-state index contributed by atoms with van der Waals surface area (Å²) >= 11 is 1.41. The Hall–Kier alpha value is -2.02. The van der Waals surface area contributed by atoms with Crippen LogP contribution in [0.3, 0.4) is 0 Å². The van der Waals surface area contributed by atoms with Crippen molar-refractivity contribution in [1.29, 1.82) is 0 Å². The van der Waals surface area contributed by atoms with E-state index in [0.29, 0.717) is 11.7 Å². The molecule has 1 unspecified atom stereocenters. The average Bonchev–Trinajstić information content (AvgIpc) is 3.02. The zero-order valence-electron chi connectivity index (χ0n) is 17.2. The van der Waals surface area contributed by atoms with E-state index < -0.39 is 0 Å². The van der Waals surface area contributed by atoms with Crippen molar-refractivity contribution in [3.8, 4) is 11.4 Å². The smallest absolute Gasteiger partial charge is 0.230 e. The number of hydrogen-bond donors (Lipinski definition) is 1. The third kappa shape index (κ3) is 5.48. The SMILES string of the molecule is CCN(CC)c1ccc(-c2nnc(SCC(=O)NC(C)C(C)C)n2C)cc1. The van der Waals surface area contributed by atoms with Gasteiger partial charge in [0.15, 0.2) is 11.0 Å². The summed E-state index contributed by atoms with van der Waals surface area (Å²) in [7, 11) is 1.94. The van der Waals surface area contributed by atoms with Gasteiger partial charge in [0.2, 0.25) is 5.91 Å². The third-order valence-electron chi connectivity index (χ3n) is 4.81. The predicted molar refractivity (Wildman–Crippen MR) is 113 cm³/mol. The summed E-state index contributed by atoms with van der Waals surface area (Å²) in [6, 6.07) is 8.54. The van der Waals surface area contributed by atoms with Gasteiger partial charge in [-0.2, -0.15) is 0 Å². The van der Waals surface area contributed by atoms with E-state index in [-0.39, 0.29) is 11.9 Å². The number of hydrogen-bond acceptors (Lipinski definition) is 5. The minimum absolute atomic E-state index is 0.0225. The molecule has 1 amide bonds. The molecule has 6 nitrogen and oxygen atoms in total. The number of amides is 1. The Morgan fingerprint density at radius 1 is 1.15 bits per heavy atom. The van der Waals surface area contributed by atoms with Gasteiger partial charge in [-0.3, -0.25) is 4.79 Å². The van der Waals surface area contributed by atoms with Gasteiger partial charge in [0.1, 0.15) is 0 Å². The van der Waals surface area contributed by atoms with Crippen LogP contribution in [0.25, 0.3) is 11.4 Å². The summed E-state index contributed by atoms with van der Waals surface area (Å²) < 4.78 is 1.94. The number of carbonyl (C=O) groups is 1. The number of anilines is 1. The molecule has 1 aromatic heterocycles. The number of benzene rings is 1. The molecule has 148 valence electrons. The molecule has 0 aliphatic carbocycles. The van der Waals surface area contributed by atoms with Crippen molar-refractivity contribution in [2.45, 2.75) is 45.8 Å². The lowest BCUT2D eigenvalue weighted by Crippen LogP contribution is -2.37. The molecule has 0 fully saturated rings. The monoisotopic (exact) mass is 389 g/mol. The summed E-state index contributed by atoms with van der Waals surface area (Å²) in [5, 5.41) is 12.3. The van der Waals surface area contributed by atoms with Crippen molar-refractivity contribution in [2.24, 2.45) is 13.0 Å². The molecule has 0 radical (unpaired) electrons. The second-order valence-corrected chi connectivity index (χ2v) is 7.92. The maximum absolute atomic E-state index is 12.1.